The Morgan fingerprint density at radius 3 is 2.58 bits per heavy atom. The highest BCUT2D eigenvalue weighted by molar-refractivity contribution is 5.80. The molecule has 19 heavy (non-hydrogen) atoms. The number of nitrogens with zero attached hydrogens (tertiary/aromatic N) is 1. The van der Waals surface area contributed by atoms with Crippen molar-refractivity contribution >= 4 is 6.29 Å². The van der Waals surface area contributed by atoms with Gasteiger partial charge in [0, 0.05) is 22.8 Å². The van der Waals surface area contributed by atoms with E-state index in [0.717, 1.165) is 6.20 Å². The Kier molecular flexibility index (Phi) is 3.75. The summed E-state index contributed by atoms with van der Waals surface area (Å²) in [5.41, 5.74) is 1.30. The summed E-state index contributed by atoms with van der Waals surface area (Å²) in [6.07, 6.45) is 1.79. The highest BCUT2D eigenvalue weighted by atomic mass is 19.1. The molecule has 0 aliphatic carbocycles. The van der Waals surface area contributed by atoms with Gasteiger partial charge in [0.15, 0.2) is 0 Å². The molecule has 0 atom stereocenters. The SMILES string of the molecule is COc1cc(-c2ccc(C=O)cc2OC)c(F)cn1. The molecule has 5 heteroatoms. The lowest BCUT2D eigenvalue weighted by Crippen LogP contribution is -1.95. The number of carbonyl (C=O) groups is 1. The van der Waals surface area contributed by atoms with E-state index >= 15 is 0 Å². The lowest BCUT2D eigenvalue weighted by molar-refractivity contribution is 0.112. The number of pyridine rings is 1. The fourth-order valence-corrected chi connectivity index (χ4v) is 1.74. The number of hydrogen-bond donors (Lipinski definition) is 0. The fourth-order valence-electron chi connectivity index (χ4n) is 1.74. The molecule has 0 radical (unpaired) electrons. The van der Waals surface area contributed by atoms with E-state index in [1.807, 2.05) is 0 Å². The fraction of sp³-hybridized carbons (Fsp3) is 0.143. The zero-order valence-corrected chi connectivity index (χ0v) is 10.5. The molecule has 4 nitrogen and oxygen atoms in total. The van der Waals surface area contributed by atoms with Crippen LogP contribution in [0.25, 0.3) is 11.1 Å². The standard InChI is InChI=1S/C14H12FNO3/c1-18-13-5-9(8-17)3-4-10(13)11-6-14(19-2)16-7-12(11)15/h3-8H,1-2H3. The molecule has 0 bridgehead atoms. The Labute approximate surface area is 109 Å². The van der Waals surface area contributed by atoms with E-state index in [1.54, 1.807) is 18.2 Å². The third kappa shape index (κ3) is 2.54. The molecule has 0 N–H and O–H groups in total. The number of carbonyl (C=O) groups excluding carboxylic acids is 1. The Bertz CT molecular complexity index is 614. The second-order valence-electron chi connectivity index (χ2n) is 3.78. The number of rotatable bonds is 4. The number of benzene rings is 1. The molecule has 0 spiro atoms. The summed E-state index contributed by atoms with van der Waals surface area (Å²) >= 11 is 0. The van der Waals surface area contributed by atoms with Crippen LogP contribution in [0.15, 0.2) is 30.5 Å². The van der Waals surface area contributed by atoms with Crippen LogP contribution in [-0.2, 0) is 0 Å². The topological polar surface area (TPSA) is 48.4 Å². The number of ether oxygens (including phenoxy) is 2. The monoisotopic (exact) mass is 261 g/mol. The number of methoxy groups -OCH3 is 2. The second kappa shape index (κ2) is 5.48. The van der Waals surface area contributed by atoms with Gasteiger partial charge >= 0.3 is 0 Å². The van der Waals surface area contributed by atoms with Crippen molar-refractivity contribution in [1.29, 1.82) is 0 Å². The Balaban J connectivity index is 2.60. The third-order valence-electron chi connectivity index (χ3n) is 2.69. The Hall–Kier alpha value is -2.43. The molecular weight excluding hydrogens is 249 g/mol. The first-order valence-corrected chi connectivity index (χ1v) is 5.52. The molecule has 1 aromatic heterocycles. The first-order valence-electron chi connectivity index (χ1n) is 5.52. The maximum absolute atomic E-state index is 13.8. The maximum atomic E-state index is 13.8. The van der Waals surface area contributed by atoms with Gasteiger partial charge in [0.25, 0.3) is 0 Å². The first kappa shape index (κ1) is 13.0. The molecule has 0 saturated carbocycles. The second-order valence-corrected chi connectivity index (χ2v) is 3.78. The van der Waals surface area contributed by atoms with Gasteiger partial charge in [-0.1, -0.05) is 6.07 Å². The van der Waals surface area contributed by atoms with Crippen molar-refractivity contribution in [3.05, 3.63) is 41.8 Å². The van der Waals surface area contributed by atoms with Gasteiger partial charge < -0.3 is 9.47 Å². The number of aldehydes is 1. The van der Waals surface area contributed by atoms with Crippen LogP contribution in [-0.4, -0.2) is 25.5 Å². The van der Waals surface area contributed by atoms with Crippen molar-refractivity contribution in [2.45, 2.75) is 0 Å². The summed E-state index contributed by atoms with van der Waals surface area (Å²) < 4.78 is 24.0. The zero-order chi connectivity index (χ0) is 13.8. The molecule has 0 amide bonds. The van der Waals surface area contributed by atoms with Gasteiger partial charge in [-0.05, 0) is 12.1 Å². The largest absolute Gasteiger partial charge is 0.496 e. The highest BCUT2D eigenvalue weighted by Gasteiger charge is 2.13. The minimum absolute atomic E-state index is 0.304. The number of halogens is 1. The van der Waals surface area contributed by atoms with E-state index in [0.29, 0.717) is 34.6 Å². The normalized spacial score (nSPS) is 10.1. The average molecular weight is 261 g/mol. The van der Waals surface area contributed by atoms with Gasteiger partial charge in [-0.25, -0.2) is 9.37 Å². The van der Waals surface area contributed by atoms with Crippen LogP contribution in [0.1, 0.15) is 10.4 Å². The molecule has 2 aromatic rings. The Morgan fingerprint density at radius 1 is 1.16 bits per heavy atom. The molecule has 0 aliphatic rings. The molecule has 0 fully saturated rings. The maximum Gasteiger partial charge on any atom is 0.213 e. The number of hydrogen-bond acceptors (Lipinski definition) is 4. The zero-order valence-electron chi connectivity index (χ0n) is 10.5. The summed E-state index contributed by atoms with van der Waals surface area (Å²) in [5.74, 6) is 0.229. The van der Waals surface area contributed by atoms with Crippen molar-refractivity contribution < 1.29 is 18.7 Å². The summed E-state index contributed by atoms with van der Waals surface area (Å²) in [7, 11) is 2.92. The molecule has 1 heterocycles. The van der Waals surface area contributed by atoms with E-state index in [-0.39, 0.29) is 0 Å². The van der Waals surface area contributed by atoms with Crippen LogP contribution < -0.4 is 9.47 Å². The van der Waals surface area contributed by atoms with E-state index in [4.69, 9.17) is 9.47 Å². The van der Waals surface area contributed by atoms with Crippen molar-refractivity contribution in [3.63, 3.8) is 0 Å². The van der Waals surface area contributed by atoms with Crippen LogP contribution in [0.3, 0.4) is 0 Å². The van der Waals surface area contributed by atoms with Crippen LogP contribution in [0.2, 0.25) is 0 Å². The van der Waals surface area contributed by atoms with E-state index in [1.165, 1.54) is 20.3 Å². The van der Waals surface area contributed by atoms with Crippen LogP contribution >= 0.6 is 0 Å². The minimum Gasteiger partial charge on any atom is -0.496 e. The van der Waals surface area contributed by atoms with Crippen molar-refractivity contribution in [1.82, 2.24) is 4.98 Å². The van der Waals surface area contributed by atoms with E-state index in [9.17, 15) is 9.18 Å². The summed E-state index contributed by atoms with van der Waals surface area (Å²) in [6, 6.07) is 6.25. The third-order valence-corrected chi connectivity index (χ3v) is 2.69. The van der Waals surface area contributed by atoms with Crippen molar-refractivity contribution in [2.24, 2.45) is 0 Å². The summed E-state index contributed by atoms with van der Waals surface area (Å²) in [5, 5.41) is 0. The molecule has 2 rings (SSSR count). The quantitative estimate of drug-likeness (QED) is 0.794. The van der Waals surface area contributed by atoms with Gasteiger partial charge in [-0.3, -0.25) is 4.79 Å². The first-order chi connectivity index (χ1) is 9.19. The van der Waals surface area contributed by atoms with Gasteiger partial charge in [0.1, 0.15) is 17.9 Å². The molecule has 0 saturated heterocycles. The van der Waals surface area contributed by atoms with Crippen LogP contribution in [0.5, 0.6) is 11.6 Å². The van der Waals surface area contributed by atoms with E-state index in [2.05, 4.69) is 4.98 Å². The molecular formula is C14H12FNO3. The van der Waals surface area contributed by atoms with Crippen molar-refractivity contribution in [3.8, 4) is 22.8 Å². The number of aromatic nitrogens is 1. The van der Waals surface area contributed by atoms with Gasteiger partial charge in [-0.2, -0.15) is 0 Å². The summed E-state index contributed by atoms with van der Waals surface area (Å²) in [6.45, 7) is 0. The molecule has 0 aliphatic heterocycles. The van der Waals surface area contributed by atoms with Gasteiger partial charge in [-0.15, -0.1) is 0 Å². The predicted molar refractivity (Wildman–Crippen MR) is 68.1 cm³/mol. The van der Waals surface area contributed by atoms with Crippen molar-refractivity contribution in [2.75, 3.05) is 14.2 Å². The lowest BCUT2D eigenvalue weighted by Gasteiger charge is -2.10. The minimum atomic E-state index is -0.488. The Morgan fingerprint density at radius 2 is 1.95 bits per heavy atom. The van der Waals surface area contributed by atoms with Crippen LogP contribution in [0, 0.1) is 5.82 Å². The molecule has 1 aromatic carbocycles. The van der Waals surface area contributed by atoms with Gasteiger partial charge in [0.05, 0.1) is 20.4 Å². The predicted octanol–water partition coefficient (Wildman–Crippen LogP) is 2.72. The molecule has 0 unspecified atom stereocenters. The van der Waals surface area contributed by atoms with Gasteiger partial charge in [0.2, 0.25) is 5.88 Å². The smallest absolute Gasteiger partial charge is 0.213 e. The molecule has 98 valence electrons. The average Bonchev–Trinajstić information content (AvgIpc) is 2.47. The highest BCUT2D eigenvalue weighted by Crippen LogP contribution is 2.33. The lowest BCUT2D eigenvalue weighted by atomic mass is 10.0. The van der Waals surface area contributed by atoms with Crippen LogP contribution in [0.4, 0.5) is 4.39 Å². The summed E-state index contributed by atoms with van der Waals surface area (Å²) in [4.78, 5) is 14.5. The van der Waals surface area contributed by atoms with E-state index < -0.39 is 5.82 Å².